The van der Waals surface area contributed by atoms with E-state index in [2.05, 4.69) is 62.2 Å². The Kier molecular flexibility index (Phi) is 4.52. The zero-order valence-electron chi connectivity index (χ0n) is 13.4. The van der Waals surface area contributed by atoms with Gasteiger partial charge in [0.25, 0.3) is 0 Å². The van der Waals surface area contributed by atoms with Crippen molar-refractivity contribution in [1.29, 1.82) is 0 Å². The summed E-state index contributed by atoms with van der Waals surface area (Å²) < 4.78 is 0. The second-order valence-electron chi connectivity index (χ2n) is 7.22. The van der Waals surface area contributed by atoms with E-state index in [4.69, 9.17) is 5.73 Å². The molecule has 112 valence electrons. The van der Waals surface area contributed by atoms with E-state index in [1.54, 1.807) is 0 Å². The van der Waals surface area contributed by atoms with Crippen molar-refractivity contribution in [3.05, 3.63) is 35.4 Å². The van der Waals surface area contributed by atoms with Crippen molar-refractivity contribution in [2.24, 2.45) is 5.73 Å². The van der Waals surface area contributed by atoms with Gasteiger partial charge in [-0.3, -0.25) is 4.90 Å². The number of rotatable bonds is 3. The molecule has 1 aromatic rings. The smallest absolute Gasteiger partial charge is 0.0700 e. The Balaban J connectivity index is 2.05. The molecule has 1 aliphatic rings. The van der Waals surface area contributed by atoms with Crippen molar-refractivity contribution in [3.8, 4) is 0 Å². The SMILES string of the molecule is CC(C)(C)c1ccc(CC(C)(N)N2CCNCC2)cc1. The zero-order chi connectivity index (χ0) is 14.8. The lowest BCUT2D eigenvalue weighted by Gasteiger charge is -2.41. The van der Waals surface area contributed by atoms with E-state index >= 15 is 0 Å². The van der Waals surface area contributed by atoms with Crippen molar-refractivity contribution in [2.45, 2.75) is 45.2 Å². The van der Waals surface area contributed by atoms with Gasteiger partial charge in [0.05, 0.1) is 5.66 Å². The highest BCUT2D eigenvalue weighted by Gasteiger charge is 2.28. The molecular formula is C17H29N3. The first-order chi connectivity index (χ1) is 9.29. The normalized spacial score (nSPS) is 20.6. The molecule has 1 unspecified atom stereocenters. The predicted octanol–water partition coefficient (Wildman–Crippen LogP) is 2.11. The summed E-state index contributed by atoms with van der Waals surface area (Å²) in [6.45, 7) is 13.0. The molecule has 1 aromatic carbocycles. The molecule has 1 saturated heterocycles. The van der Waals surface area contributed by atoms with E-state index in [0.717, 1.165) is 32.6 Å². The fourth-order valence-corrected chi connectivity index (χ4v) is 2.82. The van der Waals surface area contributed by atoms with Gasteiger partial charge in [-0.2, -0.15) is 0 Å². The summed E-state index contributed by atoms with van der Waals surface area (Å²) in [6, 6.07) is 8.94. The lowest BCUT2D eigenvalue weighted by Crippen LogP contribution is -2.60. The molecule has 3 nitrogen and oxygen atoms in total. The Bertz CT molecular complexity index is 423. The Hall–Kier alpha value is -0.900. The third-order valence-corrected chi connectivity index (χ3v) is 4.22. The monoisotopic (exact) mass is 275 g/mol. The Morgan fingerprint density at radius 3 is 2.10 bits per heavy atom. The van der Waals surface area contributed by atoms with Crippen LogP contribution in [0.2, 0.25) is 0 Å². The molecule has 0 radical (unpaired) electrons. The molecule has 0 aromatic heterocycles. The van der Waals surface area contributed by atoms with Crippen molar-refractivity contribution in [2.75, 3.05) is 26.2 Å². The van der Waals surface area contributed by atoms with Gasteiger partial charge in [-0.25, -0.2) is 0 Å². The van der Waals surface area contributed by atoms with Crippen LogP contribution in [0.1, 0.15) is 38.8 Å². The van der Waals surface area contributed by atoms with Gasteiger partial charge in [0.1, 0.15) is 0 Å². The maximum atomic E-state index is 6.55. The lowest BCUT2D eigenvalue weighted by molar-refractivity contribution is 0.0932. The zero-order valence-corrected chi connectivity index (χ0v) is 13.4. The number of hydrogen-bond acceptors (Lipinski definition) is 3. The topological polar surface area (TPSA) is 41.3 Å². The van der Waals surface area contributed by atoms with Gasteiger partial charge in [-0.05, 0) is 23.5 Å². The summed E-state index contributed by atoms with van der Waals surface area (Å²) in [4.78, 5) is 2.39. The van der Waals surface area contributed by atoms with Crippen LogP contribution in [-0.2, 0) is 11.8 Å². The average Bonchev–Trinajstić information content (AvgIpc) is 2.39. The summed E-state index contributed by atoms with van der Waals surface area (Å²) in [5.41, 5.74) is 9.20. The van der Waals surface area contributed by atoms with E-state index < -0.39 is 0 Å². The minimum absolute atomic E-state index is 0.211. The molecule has 1 fully saturated rings. The van der Waals surface area contributed by atoms with Gasteiger partial charge < -0.3 is 11.1 Å². The quantitative estimate of drug-likeness (QED) is 0.888. The van der Waals surface area contributed by atoms with Gasteiger partial charge >= 0.3 is 0 Å². The van der Waals surface area contributed by atoms with E-state index in [0.29, 0.717) is 0 Å². The fraction of sp³-hybridized carbons (Fsp3) is 0.647. The van der Waals surface area contributed by atoms with E-state index in [-0.39, 0.29) is 11.1 Å². The van der Waals surface area contributed by atoms with E-state index in [1.807, 2.05) is 0 Å². The highest BCUT2D eigenvalue weighted by atomic mass is 15.3. The van der Waals surface area contributed by atoms with Crippen LogP contribution in [0.3, 0.4) is 0 Å². The Morgan fingerprint density at radius 2 is 1.60 bits per heavy atom. The summed E-state index contributed by atoms with van der Waals surface area (Å²) in [6.07, 6.45) is 0.900. The molecule has 0 aliphatic carbocycles. The number of nitrogens with two attached hydrogens (primary N) is 1. The first-order valence-electron chi connectivity index (χ1n) is 7.63. The second kappa shape index (κ2) is 5.84. The van der Waals surface area contributed by atoms with Gasteiger partial charge in [0, 0.05) is 32.6 Å². The number of hydrogen-bond donors (Lipinski definition) is 2. The molecule has 3 heteroatoms. The number of piperazine rings is 1. The van der Waals surface area contributed by atoms with Crippen molar-refractivity contribution >= 4 is 0 Å². The Morgan fingerprint density at radius 1 is 1.05 bits per heavy atom. The molecule has 1 heterocycles. The molecule has 2 rings (SSSR count). The molecule has 3 N–H and O–H groups in total. The number of benzene rings is 1. The molecule has 1 aliphatic heterocycles. The van der Waals surface area contributed by atoms with Crippen molar-refractivity contribution < 1.29 is 0 Å². The molecule has 0 amide bonds. The molecule has 0 bridgehead atoms. The molecule has 0 spiro atoms. The van der Waals surface area contributed by atoms with Crippen LogP contribution in [0.4, 0.5) is 0 Å². The van der Waals surface area contributed by atoms with Gasteiger partial charge in [-0.15, -0.1) is 0 Å². The number of nitrogens with zero attached hydrogens (tertiary/aromatic N) is 1. The van der Waals surface area contributed by atoms with E-state index in [9.17, 15) is 0 Å². The van der Waals surface area contributed by atoms with Gasteiger partial charge in [0.2, 0.25) is 0 Å². The van der Waals surface area contributed by atoms with Crippen molar-refractivity contribution in [1.82, 2.24) is 10.2 Å². The predicted molar refractivity (Wildman–Crippen MR) is 85.9 cm³/mol. The maximum Gasteiger partial charge on any atom is 0.0700 e. The Labute approximate surface area is 123 Å². The molecule has 0 saturated carbocycles. The van der Waals surface area contributed by atoms with Gasteiger partial charge in [-0.1, -0.05) is 45.0 Å². The highest BCUT2D eigenvalue weighted by molar-refractivity contribution is 5.28. The average molecular weight is 275 g/mol. The standard InChI is InChI=1S/C17H29N3/c1-16(2,3)15-7-5-14(6-8-15)13-17(4,18)20-11-9-19-10-12-20/h5-8,19H,9-13,18H2,1-4H3. The third-order valence-electron chi connectivity index (χ3n) is 4.22. The van der Waals surface area contributed by atoms with E-state index in [1.165, 1.54) is 11.1 Å². The fourth-order valence-electron chi connectivity index (χ4n) is 2.82. The summed E-state index contributed by atoms with van der Waals surface area (Å²) in [5, 5.41) is 3.38. The highest BCUT2D eigenvalue weighted by Crippen LogP contribution is 2.23. The molecule has 20 heavy (non-hydrogen) atoms. The maximum absolute atomic E-state index is 6.55. The molecule has 1 atom stereocenters. The second-order valence-corrected chi connectivity index (χ2v) is 7.22. The summed E-state index contributed by atoms with van der Waals surface area (Å²) in [5.74, 6) is 0. The lowest BCUT2D eigenvalue weighted by atomic mass is 9.86. The van der Waals surface area contributed by atoms with Crippen LogP contribution < -0.4 is 11.1 Å². The van der Waals surface area contributed by atoms with Crippen LogP contribution in [0.5, 0.6) is 0 Å². The molecular weight excluding hydrogens is 246 g/mol. The summed E-state index contributed by atoms with van der Waals surface area (Å²) in [7, 11) is 0. The largest absolute Gasteiger partial charge is 0.314 e. The van der Waals surface area contributed by atoms with Crippen LogP contribution in [0.25, 0.3) is 0 Å². The number of nitrogens with one attached hydrogen (secondary N) is 1. The van der Waals surface area contributed by atoms with Crippen LogP contribution >= 0.6 is 0 Å². The van der Waals surface area contributed by atoms with Crippen LogP contribution in [0.15, 0.2) is 24.3 Å². The minimum atomic E-state index is -0.259. The third kappa shape index (κ3) is 3.81. The first-order valence-corrected chi connectivity index (χ1v) is 7.63. The van der Waals surface area contributed by atoms with Gasteiger partial charge in [0.15, 0.2) is 0 Å². The minimum Gasteiger partial charge on any atom is -0.314 e. The van der Waals surface area contributed by atoms with Crippen LogP contribution in [-0.4, -0.2) is 36.7 Å². The summed E-state index contributed by atoms with van der Waals surface area (Å²) >= 11 is 0. The first kappa shape index (κ1) is 15.5. The van der Waals surface area contributed by atoms with Crippen molar-refractivity contribution in [3.63, 3.8) is 0 Å². The van der Waals surface area contributed by atoms with Crippen LogP contribution in [0, 0.1) is 0 Å².